The van der Waals surface area contributed by atoms with Gasteiger partial charge in [-0.3, -0.25) is 0 Å². The predicted molar refractivity (Wildman–Crippen MR) is 58.6 cm³/mol. The first-order valence-electron chi connectivity index (χ1n) is 4.59. The zero-order chi connectivity index (χ0) is 10.1. The molecule has 0 amide bonds. The van der Waals surface area contributed by atoms with Gasteiger partial charge in [-0.2, -0.15) is 0 Å². The molecule has 72 valence electrons. The molecule has 1 aromatic heterocycles. The van der Waals surface area contributed by atoms with Crippen LogP contribution in [0.2, 0.25) is 5.02 Å². The van der Waals surface area contributed by atoms with Gasteiger partial charge in [-0.1, -0.05) is 37.6 Å². The Morgan fingerprint density at radius 1 is 1.29 bits per heavy atom. The lowest BCUT2D eigenvalue weighted by atomic mass is 10.2. The Hall–Kier alpha value is -1.15. The van der Waals surface area contributed by atoms with Gasteiger partial charge in [0, 0.05) is 17.5 Å². The van der Waals surface area contributed by atoms with Crippen LogP contribution in [0.1, 0.15) is 25.6 Å². The lowest BCUT2D eigenvalue weighted by Gasteiger charge is -2.05. The minimum atomic E-state index is 0.329. The van der Waals surface area contributed by atoms with Crippen molar-refractivity contribution in [3.8, 4) is 0 Å². The number of hydrogen-bond acceptors (Lipinski definition) is 2. The normalized spacial score (nSPS) is 11.1. The van der Waals surface area contributed by atoms with Gasteiger partial charge in [-0.05, 0) is 6.07 Å². The number of rotatable bonds is 1. The molecule has 1 aromatic carbocycles. The monoisotopic (exact) mass is 206 g/mol. The van der Waals surface area contributed by atoms with E-state index in [0.29, 0.717) is 10.9 Å². The van der Waals surface area contributed by atoms with Crippen molar-refractivity contribution < 1.29 is 0 Å². The summed E-state index contributed by atoms with van der Waals surface area (Å²) in [5.41, 5.74) is 0.841. The predicted octanol–water partition coefficient (Wildman–Crippen LogP) is 3.41. The number of benzene rings is 1. The van der Waals surface area contributed by atoms with Crippen molar-refractivity contribution in [1.29, 1.82) is 0 Å². The zero-order valence-corrected chi connectivity index (χ0v) is 8.92. The Balaban J connectivity index is 2.70. The molecule has 0 atom stereocenters. The SMILES string of the molecule is CC(C)c1ncc2cccc(Cl)c2n1. The van der Waals surface area contributed by atoms with Crippen LogP contribution in [-0.4, -0.2) is 9.97 Å². The summed E-state index contributed by atoms with van der Waals surface area (Å²) in [7, 11) is 0. The van der Waals surface area contributed by atoms with E-state index in [1.54, 1.807) is 0 Å². The van der Waals surface area contributed by atoms with Crippen molar-refractivity contribution in [2.45, 2.75) is 19.8 Å². The van der Waals surface area contributed by atoms with Crippen LogP contribution in [0.5, 0.6) is 0 Å². The van der Waals surface area contributed by atoms with E-state index in [1.807, 2.05) is 24.4 Å². The van der Waals surface area contributed by atoms with Gasteiger partial charge in [0.1, 0.15) is 5.82 Å². The molecule has 0 bridgehead atoms. The van der Waals surface area contributed by atoms with Crippen molar-refractivity contribution in [2.24, 2.45) is 0 Å². The molecule has 2 nitrogen and oxygen atoms in total. The topological polar surface area (TPSA) is 25.8 Å². The lowest BCUT2D eigenvalue weighted by Crippen LogP contribution is -1.97. The molecule has 3 heteroatoms. The minimum Gasteiger partial charge on any atom is -0.240 e. The van der Waals surface area contributed by atoms with Gasteiger partial charge in [-0.25, -0.2) is 9.97 Å². The summed E-state index contributed by atoms with van der Waals surface area (Å²) in [6.07, 6.45) is 1.82. The van der Waals surface area contributed by atoms with Gasteiger partial charge in [-0.15, -0.1) is 0 Å². The fraction of sp³-hybridized carbons (Fsp3) is 0.273. The molecule has 2 aromatic rings. The van der Waals surface area contributed by atoms with E-state index >= 15 is 0 Å². The van der Waals surface area contributed by atoms with Crippen LogP contribution in [0, 0.1) is 0 Å². The highest BCUT2D eigenvalue weighted by Crippen LogP contribution is 2.22. The number of halogens is 1. The second kappa shape index (κ2) is 3.54. The average Bonchev–Trinajstić information content (AvgIpc) is 2.18. The Labute approximate surface area is 88.0 Å². The smallest absolute Gasteiger partial charge is 0.131 e. The van der Waals surface area contributed by atoms with E-state index < -0.39 is 0 Å². The number of nitrogens with zero attached hydrogens (tertiary/aromatic N) is 2. The maximum Gasteiger partial charge on any atom is 0.131 e. The van der Waals surface area contributed by atoms with Crippen LogP contribution in [0.15, 0.2) is 24.4 Å². The van der Waals surface area contributed by atoms with Gasteiger partial charge in [0.15, 0.2) is 0 Å². The first-order valence-corrected chi connectivity index (χ1v) is 4.97. The van der Waals surface area contributed by atoms with Crippen LogP contribution in [0.4, 0.5) is 0 Å². The third-order valence-electron chi connectivity index (χ3n) is 2.10. The fourth-order valence-corrected chi connectivity index (χ4v) is 1.54. The van der Waals surface area contributed by atoms with Crippen LogP contribution in [0.3, 0.4) is 0 Å². The molecule has 0 saturated carbocycles. The van der Waals surface area contributed by atoms with Crippen molar-refractivity contribution in [3.63, 3.8) is 0 Å². The highest BCUT2D eigenvalue weighted by molar-refractivity contribution is 6.34. The van der Waals surface area contributed by atoms with E-state index in [4.69, 9.17) is 11.6 Å². The number of aromatic nitrogens is 2. The van der Waals surface area contributed by atoms with Gasteiger partial charge < -0.3 is 0 Å². The minimum absolute atomic E-state index is 0.329. The molecule has 1 heterocycles. The van der Waals surface area contributed by atoms with E-state index in [9.17, 15) is 0 Å². The van der Waals surface area contributed by atoms with Crippen molar-refractivity contribution in [2.75, 3.05) is 0 Å². The Bertz CT molecular complexity index is 466. The summed E-state index contributed by atoms with van der Waals surface area (Å²) in [5.74, 6) is 1.17. The number of fused-ring (bicyclic) bond motifs is 1. The standard InChI is InChI=1S/C11H11ClN2/c1-7(2)11-13-6-8-4-3-5-9(12)10(8)14-11/h3-7H,1-2H3. The molecule has 2 rings (SSSR count). The summed E-state index contributed by atoms with van der Waals surface area (Å²) in [4.78, 5) is 8.71. The number of para-hydroxylation sites is 1. The molecule has 0 aliphatic rings. The van der Waals surface area contributed by atoms with E-state index in [-0.39, 0.29) is 0 Å². The first kappa shape index (κ1) is 9.41. The molecular weight excluding hydrogens is 196 g/mol. The van der Waals surface area contributed by atoms with Gasteiger partial charge in [0.05, 0.1) is 10.5 Å². The summed E-state index contributed by atoms with van der Waals surface area (Å²) in [6.45, 7) is 4.13. The van der Waals surface area contributed by atoms with E-state index in [2.05, 4.69) is 23.8 Å². The lowest BCUT2D eigenvalue weighted by molar-refractivity contribution is 0.783. The van der Waals surface area contributed by atoms with Crippen LogP contribution in [-0.2, 0) is 0 Å². The maximum atomic E-state index is 6.04. The third kappa shape index (κ3) is 1.58. The molecule has 0 unspecified atom stereocenters. The van der Waals surface area contributed by atoms with Gasteiger partial charge in [0.25, 0.3) is 0 Å². The van der Waals surface area contributed by atoms with E-state index in [0.717, 1.165) is 16.7 Å². The fourth-order valence-electron chi connectivity index (χ4n) is 1.31. The Morgan fingerprint density at radius 2 is 2.07 bits per heavy atom. The third-order valence-corrected chi connectivity index (χ3v) is 2.40. The molecule has 0 aliphatic carbocycles. The van der Waals surface area contributed by atoms with Crippen molar-refractivity contribution in [3.05, 3.63) is 35.2 Å². The van der Waals surface area contributed by atoms with Crippen LogP contribution >= 0.6 is 11.6 Å². The molecule has 14 heavy (non-hydrogen) atoms. The Morgan fingerprint density at radius 3 is 2.79 bits per heavy atom. The quantitative estimate of drug-likeness (QED) is 0.715. The maximum absolute atomic E-state index is 6.04. The van der Waals surface area contributed by atoms with Crippen LogP contribution < -0.4 is 0 Å². The van der Waals surface area contributed by atoms with E-state index in [1.165, 1.54) is 0 Å². The van der Waals surface area contributed by atoms with Gasteiger partial charge in [0.2, 0.25) is 0 Å². The zero-order valence-electron chi connectivity index (χ0n) is 8.16. The van der Waals surface area contributed by atoms with Crippen molar-refractivity contribution >= 4 is 22.5 Å². The molecule has 0 spiro atoms. The summed E-state index contributed by atoms with van der Waals surface area (Å²) in [5, 5.41) is 1.67. The summed E-state index contributed by atoms with van der Waals surface area (Å²) < 4.78 is 0. The highest BCUT2D eigenvalue weighted by Gasteiger charge is 2.05. The molecule has 0 radical (unpaired) electrons. The number of hydrogen-bond donors (Lipinski definition) is 0. The largest absolute Gasteiger partial charge is 0.240 e. The molecule has 0 saturated heterocycles. The highest BCUT2D eigenvalue weighted by atomic mass is 35.5. The molecule has 0 N–H and O–H groups in total. The Kier molecular flexibility index (Phi) is 2.38. The molecule has 0 aliphatic heterocycles. The van der Waals surface area contributed by atoms with Crippen LogP contribution in [0.25, 0.3) is 10.9 Å². The summed E-state index contributed by atoms with van der Waals surface area (Å²) in [6, 6.07) is 5.72. The second-order valence-corrected chi connectivity index (χ2v) is 3.97. The summed E-state index contributed by atoms with van der Waals surface area (Å²) >= 11 is 6.04. The average molecular weight is 207 g/mol. The van der Waals surface area contributed by atoms with Gasteiger partial charge >= 0.3 is 0 Å². The molecular formula is C11H11ClN2. The second-order valence-electron chi connectivity index (χ2n) is 3.56. The molecule has 0 fully saturated rings. The first-order chi connectivity index (χ1) is 6.68. The van der Waals surface area contributed by atoms with Crippen molar-refractivity contribution in [1.82, 2.24) is 9.97 Å².